The molecule has 0 saturated carbocycles. The van der Waals surface area contributed by atoms with E-state index in [1.807, 2.05) is 18.2 Å². The van der Waals surface area contributed by atoms with Gasteiger partial charge in [0.15, 0.2) is 0 Å². The monoisotopic (exact) mass is 414 g/mol. The highest BCUT2D eigenvalue weighted by atomic mass is 32.2. The Bertz CT molecular complexity index is 1080. The molecule has 0 aliphatic carbocycles. The zero-order chi connectivity index (χ0) is 20.1. The third kappa shape index (κ3) is 5.20. The molecule has 0 spiro atoms. The SMILES string of the molecule is C=C(c1ccccc1)c1ccc(Sc2ccc(Sc3ccc(F)cc3)cc2)cc1. The predicted octanol–water partition coefficient (Wildman–Crippen LogP) is 8.19. The Kier molecular flexibility index (Phi) is 6.18. The van der Waals surface area contributed by atoms with Gasteiger partial charge in [0.1, 0.15) is 5.82 Å². The maximum absolute atomic E-state index is 13.0. The quantitative estimate of drug-likeness (QED) is 0.312. The van der Waals surface area contributed by atoms with Gasteiger partial charge < -0.3 is 0 Å². The summed E-state index contributed by atoms with van der Waals surface area (Å²) >= 11 is 3.36. The largest absolute Gasteiger partial charge is 0.207 e. The zero-order valence-electron chi connectivity index (χ0n) is 15.7. The molecule has 0 aliphatic rings. The molecule has 29 heavy (non-hydrogen) atoms. The van der Waals surface area contributed by atoms with Gasteiger partial charge in [-0.15, -0.1) is 0 Å². The highest BCUT2D eigenvalue weighted by molar-refractivity contribution is 7.99. The second-order valence-electron chi connectivity index (χ2n) is 6.50. The third-order valence-corrected chi connectivity index (χ3v) is 6.47. The van der Waals surface area contributed by atoms with E-state index in [9.17, 15) is 4.39 Å². The van der Waals surface area contributed by atoms with Crippen molar-refractivity contribution in [3.8, 4) is 0 Å². The highest BCUT2D eigenvalue weighted by Crippen LogP contribution is 2.33. The minimum atomic E-state index is -0.209. The number of rotatable bonds is 6. The lowest BCUT2D eigenvalue weighted by Gasteiger charge is -2.08. The molecule has 142 valence electrons. The van der Waals surface area contributed by atoms with E-state index in [4.69, 9.17) is 0 Å². The van der Waals surface area contributed by atoms with Crippen LogP contribution in [0.5, 0.6) is 0 Å². The van der Waals surface area contributed by atoms with Crippen molar-refractivity contribution in [3.63, 3.8) is 0 Å². The van der Waals surface area contributed by atoms with Crippen molar-refractivity contribution >= 4 is 29.1 Å². The molecule has 4 rings (SSSR count). The van der Waals surface area contributed by atoms with Crippen LogP contribution < -0.4 is 0 Å². The summed E-state index contributed by atoms with van der Waals surface area (Å²) in [7, 11) is 0. The number of hydrogen-bond acceptors (Lipinski definition) is 2. The van der Waals surface area contributed by atoms with Crippen LogP contribution in [0.3, 0.4) is 0 Å². The Hall–Kier alpha value is -2.75. The van der Waals surface area contributed by atoms with Crippen LogP contribution in [0.4, 0.5) is 4.39 Å². The van der Waals surface area contributed by atoms with Gasteiger partial charge in [-0.25, -0.2) is 4.39 Å². The van der Waals surface area contributed by atoms with E-state index < -0.39 is 0 Å². The van der Waals surface area contributed by atoms with Crippen molar-refractivity contribution in [3.05, 3.63) is 127 Å². The summed E-state index contributed by atoms with van der Waals surface area (Å²) in [5.74, 6) is -0.209. The lowest BCUT2D eigenvalue weighted by Crippen LogP contribution is -1.85. The van der Waals surface area contributed by atoms with Crippen molar-refractivity contribution in [1.82, 2.24) is 0 Å². The van der Waals surface area contributed by atoms with E-state index >= 15 is 0 Å². The van der Waals surface area contributed by atoms with Gasteiger partial charge in [-0.2, -0.15) is 0 Å². The van der Waals surface area contributed by atoms with Crippen molar-refractivity contribution in [2.75, 3.05) is 0 Å². The average Bonchev–Trinajstić information content (AvgIpc) is 2.77. The second kappa shape index (κ2) is 9.17. The van der Waals surface area contributed by atoms with Gasteiger partial charge in [0.25, 0.3) is 0 Å². The Morgan fingerprint density at radius 2 is 0.897 bits per heavy atom. The summed E-state index contributed by atoms with van der Waals surface area (Å²) in [4.78, 5) is 4.54. The molecule has 0 nitrogen and oxygen atoms in total. The maximum Gasteiger partial charge on any atom is 0.123 e. The molecule has 4 aromatic carbocycles. The molecule has 3 heteroatoms. The van der Waals surface area contributed by atoms with Gasteiger partial charge >= 0.3 is 0 Å². The van der Waals surface area contributed by atoms with Gasteiger partial charge in [-0.05, 0) is 77.4 Å². The normalized spacial score (nSPS) is 10.7. The average molecular weight is 415 g/mol. The van der Waals surface area contributed by atoms with Crippen LogP contribution in [0.25, 0.3) is 5.57 Å². The second-order valence-corrected chi connectivity index (χ2v) is 8.79. The molecular formula is C26H19FS2. The zero-order valence-corrected chi connectivity index (χ0v) is 17.3. The number of halogens is 1. The molecule has 0 atom stereocenters. The van der Waals surface area contributed by atoms with Gasteiger partial charge in [-0.1, -0.05) is 72.6 Å². The van der Waals surface area contributed by atoms with Gasteiger partial charge in [0, 0.05) is 19.6 Å². The molecule has 0 N–H and O–H groups in total. The van der Waals surface area contributed by atoms with Crippen molar-refractivity contribution in [2.24, 2.45) is 0 Å². The highest BCUT2D eigenvalue weighted by Gasteiger charge is 2.04. The molecule has 0 aromatic heterocycles. The molecule has 0 radical (unpaired) electrons. The number of benzene rings is 4. The van der Waals surface area contributed by atoms with Gasteiger partial charge in [-0.3, -0.25) is 0 Å². The van der Waals surface area contributed by atoms with Crippen LogP contribution in [0.2, 0.25) is 0 Å². The molecule has 0 aliphatic heterocycles. The van der Waals surface area contributed by atoms with E-state index in [1.165, 1.54) is 21.9 Å². The van der Waals surface area contributed by atoms with Crippen LogP contribution in [0.1, 0.15) is 11.1 Å². The van der Waals surface area contributed by atoms with E-state index in [0.717, 1.165) is 26.5 Å². The topological polar surface area (TPSA) is 0 Å². The van der Waals surface area contributed by atoms with E-state index in [2.05, 4.69) is 67.2 Å². The Morgan fingerprint density at radius 3 is 1.38 bits per heavy atom. The molecule has 0 unspecified atom stereocenters. The van der Waals surface area contributed by atoms with E-state index in [1.54, 1.807) is 35.7 Å². The van der Waals surface area contributed by atoms with Crippen LogP contribution in [0, 0.1) is 5.82 Å². The molecule has 0 heterocycles. The van der Waals surface area contributed by atoms with Crippen LogP contribution in [-0.4, -0.2) is 0 Å². The smallest absolute Gasteiger partial charge is 0.123 e. The maximum atomic E-state index is 13.0. The van der Waals surface area contributed by atoms with Crippen LogP contribution in [0.15, 0.2) is 129 Å². The first-order chi connectivity index (χ1) is 14.2. The molecule has 0 saturated heterocycles. The van der Waals surface area contributed by atoms with E-state index in [-0.39, 0.29) is 5.82 Å². The summed E-state index contributed by atoms with van der Waals surface area (Å²) in [6, 6.07) is 33.8. The first-order valence-corrected chi connectivity index (χ1v) is 10.9. The predicted molar refractivity (Wildman–Crippen MR) is 122 cm³/mol. The fourth-order valence-electron chi connectivity index (χ4n) is 2.88. The molecule has 4 aromatic rings. The van der Waals surface area contributed by atoms with Crippen molar-refractivity contribution in [1.29, 1.82) is 0 Å². The molecule has 0 amide bonds. The minimum Gasteiger partial charge on any atom is -0.207 e. The van der Waals surface area contributed by atoms with Crippen LogP contribution in [-0.2, 0) is 0 Å². The third-order valence-electron chi connectivity index (χ3n) is 4.43. The standard InChI is InChI=1S/C26H19FS2/c1-19(20-5-3-2-4-6-20)21-7-11-23(12-8-21)28-25-15-17-26(18-16-25)29-24-13-9-22(27)10-14-24/h2-18H,1H2. The van der Waals surface area contributed by atoms with Gasteiger partial charge in [0.05, 0.1) is 0 Å². The van der Waals surface area contributed by atoms with Crippen molar-refractivity contribution in [2.45, 2.75) is 19.6 Å². The number of hydrogen-bond donors (Lipinski definition) is 0. The molecule has 0 bridgehead atoms. The van der Waals surface area contributed by atoms with E-state index in [0.29, 0.717) is 0 Å². The summed E-state index contributed by atoms with van der Waals surface area (Å²) in [5, 5.41) is 0. The Balaban J connectivity index is 1.40. The fourth-order valence-corrected chi connectivity index (χ4v) is 4.51. The van der Waals surface area contributed by atoms with Gasteiger partial charge in [0.2, 0.25) is 0 Å². The first kappa shape index (κ1) is 19.6. The fraction of sp³-hybridized carbons (Fsp3) is 0. The minimum absolute atomic E-state index is 0.209. The lowest BCUT2D eigenvalue weighted by atomic mass is 10.00. The Morgan fingerprint density at radius 1 is 0.517 bits per heavy atom. The lowest BCUT2D eigenvalue weighted by molar-refractivity contribution is 0.626. The van der Waals surface area contributed by atoms with Crippen molar-refractivity contribution < 1.29 is 4.39 Å². The molecule has 0 fully saturated rings. The van der Waals surface area contributed by atoms with Crippen LogP contribution >= 0.6 is 23.5 Å². The summed E-state index contributed by atoms with van der Waals surface area (Å²) in [5.41, 5.74) is 3.30. The summed E-state index contributed by atoms with van der Waals surface area (Å²) in [6.45, 7) is 4.23. The first-order valence-electron chi connectivity index (χ1n) is 9.23. The summed E-state index contributed by atoms with van der Waals surface area (Å²) < 4.78 is 13.0. The summed E-state index contributed by atoms with van der Waals surface area (Å²) in [6.07, 6.45) is 0. The Labute approximate surface area is 179 Å². The molecular weight excluding hydrogens is 395 g/mol.